The average molecular weight is 431 g/mol. The Labute approximate surface area is 171 Å². The van der Waals surface area contributed by atoms with Crippen molar-refractivity contribution in [1.29, 1.82) is 0 Å². The molecule has 3 heterocycles. The molecule has 2 atom stereocenters. The van der Waals surface area contributed by atoms with Gasteiger partial charge in [0.15, 0.2) is 0 Å². The third kappa shape index (κ3) is 4.48. The minimum absolute atomic E-state index is 0. The van der Waals surface area contributed by atoms with Crippen LogP contribution in [0.15, 0.2) is 4.79 Å². The number of β-amino-alcohol motifs (C(OH)–C–C–N with tert-alkyl or cyclic N) is 1. The van der Waals surface area contributed by atoms with Gasteiger partial charge in [-0.15, -0.1) is 35.5 Å². The Morgan fingerprint density at radius 2 is 2.22 bits per heavy atom. The number of H-pyrrole nitrogens is 1. The van der Waals surface area contributed by atoms with Gasteiger partial charge in [-0.25, -0.2) is 4.98 Å². The number of halogens is 1. The molecule has 0 spiro atoms. The largest absolute Gasteiger partial charge is 0.391 e. The molecule has 0 aromatic carbocycles. The number of aliphatic hydroxyl groups is 1. The molecule has 2 aromatic rings. The van der Waals surface area contributed by atoms with E-state index in [1.54, 1.807) is 11.3 Å². The lowest BCUT2D eigenvalue weighted by atomic mass is 10.1. The van der Waals surface area contributed by atoms with E-state index in [2.05, 4.69) is 20.6 Å². The van der Waals surface area contributed by atoms with Gasteiger partial charge in [0.05, 0.1) is 23.0 Å². The first-order chi connectivity index (χ1) is 12.6. The second kappa shape index (κ2) is 8.91. The van der Waals surface area contributed by atoms with E-state index in [1.165, 1.54) is 22.2 Å². The molecule has 1 fully saturated rings. The lowest BCUT2D eigenvalue weighted by molar-refractivity contribution is -0.118. The molecule has 0 saturated carbocycles. The number of carbonyl (C=O) groups is 1. The highest BCUT2D eigenvalue weighted by atomic mass is 35.5. The molecule has 7 nitrogen and oxygen atoms in total. The molecule has 0 bridgehead atoms. The fraction of sp³-hybridized carbons (Fsp3) is 0.588. The number of aromatic amines is 1. The summed E-state index contributed by atoms with van der Waals surface area (Å²) < 4.78 is 0. The smallest absolute Gasteiger partial charge is 0.259 e. The van der Waals surface area contributed by atoms with E-state index >= 15 is 0 Å². The van der Waals surface area contributed by atoms with E-state index < -0.39 is 6.10 Å². The number of aromatic nitrogens is 2. The summed E-state index contributed by atoms with van der Waals surface area (Å²) in [4.78, 5) is 33.9. The fourth-order valence-electron chi connectivity index (χ4n) is 3.58. The van der Waals surface area contributed by atoms with Crippen molar-refractivity contribution < 1.29 is 9.90 Å². The van der Waals surface area contributed by atoms with Crippen LogP contribution in [0.25, 0.3) is 10.2 Å². The molecular weight excluding hydrogens is 408 g/mol. The molecule has 27 heavy (non-hydrogen) atoms. The number of fused-ring (bicyclic) bond motifs is 3. The summed E-state index contributed by atoms with van der Waals surface area (Å²) in [6.45, 7) is 1.79. The Bertz CT molecular complexity index is 885. The van der Waals surface area contributed by atoms with Crippen LogP contribution in [0.2, 0.25) is 0 Å². The number of aliphatic hydroxyl groups excluding tert-OH is 1. The van der Waals surface area contributed by atoms with E-state index in [-0.39, 0.29) is 29.8 Å². The molecule has 1 amide bonds. The number of rotatable bonds is 6. The number of nitrogens with one attached hydrogen (secondary N) is 3. The first kappa shape index (κ1) is 20.6. The minimum atomic E-state index is -0.392. The van der Waals surface area contributed by atoms with Crippen LogP contribution in [0.1, 0.15) is 22.7 Å². The van der Waals surface area contributed by atoms with E-state index in [4.69, 9.17) is 0 Å². The molecule has 4 rings (SSSR count). The van der Waals surface area contributed by atoms with Gasteiger partial charge in [-0.1, -0.05) is 0 Å². The molecule has 1 saturated heterocycles. The predicted molar refractivity (Wildman–Crippen MR) is 111 cm³/mol. The second-order valence-electron chi connectivity index (χ2n) is 6.83. The van der Waals surface area contributed by atoms with Crippen LogP contribution in [0.5, 0.6) is 0 Å². The number of hydrogen-bond donors (Lipinski definition) is 4. The molecule has 148 valence electrons. The zero-order chi connectivity index (χ0) is 18.1. The first-order valence-corrected chi connectivity index (χ1v) is 10.9. The topological polar surface area (TPSA) is 107 Å². The maximum atomic E-state index is 12.4. The Morgan fingerprint density at radius 3 is 3.00 bits per heavy atom. The highest BCUT2D eigenvalue weighted by molar-refractivity contribution is 7.99. The van der Waals surface area contributed by atoms with Crippen molar-refractivity contribution in [2.24, 2.45) is 5.92 Å². The molecule has 10 heteroatoms. The van der Waals surface area contributed by atoms with Gasteiger partial charge >= 0.3 is 0 Å². The van der Waals surface area contributed by atoms with Crippen LogP contribution < -0.4 is 16.2 Å². The Kier molecular flexibility index (Phi) is 6.80. The maximum Gasteiger partial charge on any atom is 0.259 e. The van der Waals surface area contributed by atoms with E-state index in [0.717, 1.165) is 36.0 Å². The zero-order valence-electron chi connectivity index (χ0n) is 14.7. The monoisotopic (exact) mass is 430 g/mol. The molecular formula is C17H23ClN4O3S2. The van der Waals surface area contributed by atoms with Gasteiger partial charge in [-0.05, 0) is 24.8 Å². The Balaban J connectivity index is 0.00000210. The number of thioether (sulfide) groups is 1. The minimum Gasteiger partial charge on any atom is -0.391 e. The summed E-state index contributed by atoms with van der Waals surface area (Å²) in [5.41, 5.74) is 1.12. The van der Waals surface area contributed by atoms with Crippen molar-refractivity contribution in [2.45, 2.75) is 31.1 Å². The SMILES string of the molecule is Cl.O=C(CSCc1nc2sc3c(c2c(=O)[nH]1)CCC3)NCC1CNCC1O. The first-order valence-electron chi connectivity index (χ1n) is 8.88. The summed E-state index contributed by atoms with van der Waals surface area (Å²) >= 11 is 3.06. The number of aryl methyl sites for hydroxylation is 2. The van der Waals surface area contributed by atoms with Crippen LogP contribution in [-0.2, 0) is 23.4 Å². The Hall–Kier alpha value is -1.13. The second-order valence-corrected chi connectivity index (χ2v) is 8.90. The van der Waals surface area contributed by atoms with Crippen LogP contribution in [0.3, 0.4) is 0 Å². The molecule has 2 unspecified atom stereocenters. The third-order valence-corrected chi connectivity index (χ3v) is 7.09. The highest BCUT2D eigenvalue weighted by Crippen LogP contribution is 2.34. The molecule has 2 aliphatic rings. The molecule has 1 aliphatic heterocycles. The lowest BCUT2D eigenvalue weighted by Gasteiger charge is -2.13. The fourth-order valence-corrected chi connectivity index (χ4v) is 5.58. The van der Waals surface area contributed by atoms with Crippen molar-refractivity contribution in [1.82, 2.24) is 20.6 Å². The number of nitrogens with zero attached hydrogens (tertiary/aromatic N) is 1. The van der Waals surface area contributed by atoms with E-state index in [9.17, 15) is 14.7 Å². The molecule has 1 aliphatic carbocycles. The van der Waals surface area contributed by atoms with Crippen molar-refractivity contribution >= 4 is 51.6 Å². The van der Waals surface area contributed by atoms with Gasteiger partial charge in [0, 0.05) is 30.4 Å². The maximum absolute atomic E-state index is 12.4. The predicted octanol–water partition coefficient (Wildman–Crippen LogP) is 0.825. The Morgan fingerprint density at radius 1 is 1.37 bits per heavy atom. The van der Waals surface area contributed by atoms with Gasteiger partial charge in [0.1, 0.15) is 10.7 Å². The van der Waals surface area contributed by atoms with Gasteiger partial charge < -0.3 is 20.7 Å². The van der Waals surface area contributed by atoms with Crippen molar-refractivity contribution in [2.75, 3.05) is 25.4 Å². The number of thiophene rings is 1. The molecule has 4 N–H and O–H groups in total. The van der Waals surface area contributed by atoms with E-state index in [0.29, 0.717) is 30.4 Å². The van der Waals surface area contributed by atoms with Crippen LogP contribution >= 0.6 is 35.5 Å². The van der Waals surface area contributed by atoms with Crippen molar-refractivity contribution in [3.05, 3.63) is 26.6 Å². The third-order valence-electron chi connectivity index (χ3n) is 4.96. The lowest BCUT2D eigenvalue weighted by Crippen LogP contribution is -2.35. The van der Waals surface area contributed by atoms with Gasteiger partial charge in [0.2, 0.25) is 5.91 Å². The number of amides is 1. The quantitative estimate of drug-likeness (QED) is 0.540. The van der Waals surface area contributed by atoms with Gasteiger partial charge in [-0.2, -0.15) is 0 Å². The van der Waals surface area contributed by atoms with Gasteiger partial charge in [0.25, 0.3) is 5.56 Å². The van der Waals surface area contributed by atoms with Crippen molar-refractivity contribution in [3.8, 4) is 0 Å². The standard InChI is InChI=1S/C17H22N4O3S2.ClH/c22-11-6-18-4-9(11)5-19-14(23)8-25-7-13-20-16(24)15-10-2-1-3-12(10)26-17(15)21-13;/h9,11,18,22H,1-8H2,(H,19,23)(H,20,21,24);1H. The molecule has 0 radical (unpaired) electrons. The summed E-state index contributed by atoms with van der Waals surface area (Å²) in [5.74, 6) is 1.43. The normalized spacial score (nSPS) is 21.2. The average Bonchev–Trinajstić information content (AvgIpc) is 3.28. The van der Waals surface area contributed by atoms with Crippen LogP contribution in [0.4, 0.5) is 0 Å². The molecule has 2 aromatic heterocycles. The zero-order valence-corrected chi connectivity index (χ0v) is 17.2. The summed E-state index contributed by atoms with van der Waals surface area (Å²) in [6, 6.07) is 0. The number of carbonyl (C=O) groups excluding carboxylic acids is 1. The van der Waals surface area contributed by atoms with Gasteiger partial charge in [-0.3, -0.25) is 9.59 Å². The van der Waals surface area contributed by atoms with E-state index in [1.807, 2.05) is 0 Å². The summed E-state index contributed by atoms with van der Waals surface area (Å²) in [5, 5.41) is 16.4. The highest BCUT2D eigenvalue weighted by Gasteiger charge is 2.25. The number of hydrogen-bond acceptors (Lipinski definition) is 7. The summed E-state index contributed by atoms with van der Waals surface area (Å²) in [6.07, 6.45) is 2.75. The summed E-state index contributed by atoms with van der Waals surface area (Å²) in [7, 11) is 0. The van der Waals surface area contributed by atoms with Crippen LogP contribution in [0, 0.1) is 5.92 Å². The van der Waals surface area contributed by atoms with Crippen molar-refractivity contribution in [3.63, 3.8) is 0 Å². The van der Waals surface area contributed by atoms with Crippen LogP contribution in [-0.4, -0.2) is 52.5 Å².